The molecule has 1 N–H and O–H groups in total. The third kappa shape index (κ3) is 1.72. The predicted octanol–water partition coefficient (Wildman–Crippen LogP) is 0.965. The molecule has 0 spiro atoms. The minimum atomic E-state index is 0.734. The van der Waals surface area contributed by atoms with Crippen molar-refractivity contribution in [2.24, 2.45) is 7.05 Å². The molecule has 13 heavy (non-hydrogen) atoms. The highest BCUT2D eigenvalue weighted by atomic mass is 15.4. The van der Waals surface area contributed by atoms with Crippen LogP contribution in [0, 0.1) is 0 Å². The van der Waals surface area contributed by atoms with Crippen LogP contribution in [0.25, 0.3) is 0 Å². The molecule has 0 radical (unpaired) electrons. The van der Waals surface area contributed by atoms with E-state index in [1.54, 1.807) is 6.20 Å². The second-order valence-corrected chi connectivity index (χ2v) is 2.88. The maximum absolute atomic E-state index is 4.20. The molecule has 0 aliphatic heterocycles. The van der Waals surface area contributed by atoms with E-state index in [1.165, 1.54) is 0 Å². The minimum absolute atomic E-state index is 0.734. The molecule has 2 aromatic rings. The number of hydrogen-bond acceptors (Lipinski definition) is 2. The standard InChI is InChI=1S/C9H12N4/c1-12-7-4-10-9(12)8-11-13-5-2-3-6-13/h2-7,11H,8H2,1H3. The van der Waals surface area contributed by atoms with Crippen LogP contribution in [0.4, 0.5) is 0 Å². The molecule has 0 atom stereocenters. The number of aryl methyl sites for hydroxylation is 1. The Labute approximate surface area is 76.8 Å². The van der Waals surface area contributed by atoms with Gasteiger partial charge in [0.15, 0.2) is 0 Å². The van der Waals surface area contributed by atoms with Gasteiger partial charge in [-0.3, -0.25) is 4.68 Å². The normalized spacial score (nSPS) is 10.2. The van der Waals surface area contributed by atoms with E-state index in [2.05, 4.69) is 10.4 Å². The van der Waals surface area contributed by atoms with E-state index in [4.69, 9.17) is 0 Å². The van der Waals surface area contributed by atoms with Crippen molar-refractivity contribution in [3.63, 3.8) is 0 Å². The lowest BCUT2D eigenvalue weighted by molar-refractivity contribution is 0.752. The summed E-state index contributed by atoms with van der Waals surface area (Å²) in [5, 5.41) is 0. The van der Waals surface area contributed by atoms with Gasteiger partial charge in [-0.2, -0.15) is 0 Å². The van der Waals surface area contributed by atoms with E-state index in [9.17, 15) is 0 Å². The summed E-state index contributed by atoms with van der Waals surface area (Å²) in [5.41, 5.74) is 3.20. The first-order valence-corrected chi connectivity index (χ1v) is 4.19. The van der Waals surface area contributed by atoms with Crippen LogP contribution in [0.5, 0.6) is 0 Å². The Hall–Kier alpha value is -1.71. The third-order valence-electron chi connectivity index (χ3n) is 1.95. The van der Waals surface area contributed by atoms with Gasteiger partial charge < -0.3 is 9.99 Å². The molecular formula is C9H12N4. The van der Waals surface area contributed by atoms with Gasteiger partial charge >= 0.3 is 0 Å². The SMILES string of the molecule is Cn1ccnc1CNn1cccc1. The lowest BCUT2D eigenvalue weighted by Gasteiger charge is -2.06. The first-order valence-electron chi connectivity index (χ1n) is 4.19. The summed E-state index contributed by atoms with van der Waals surface area (Å²) < 4.78 is 3.91. The summed E-state index contributed by atoms with van der Waals surface area (Å²) in [6.07, 6.45) is 7.66. The van der Waals surface area contributed by atoms with Gasteiger partial charge in [0.05, 0.1) is 6.54 Å². The Bertz CT molecular complexity index is 361. The Balaban J connectivity index is 1.97. The van der Waals surface area contributed by atoms with Gasteiger partial charge in [-0.05, 0) is 12.1 Å². The van der Waals surface area contributed by atoms with Crippen molar-refractivity contribution in [2.45, 2.75) is 6.54 Å². The van der Waals surface area contributed by atoms with Crippen molar-refractivity contribution in [1.29, 1.82) is 0 Å². The maximum Gasteiger partial charge on any atom is 0.129 e. The summed E-state index contributed by atoms with van der Waals surface area (Å²) in [7, 11) is 1.99. The van der Waals surface area contributed by atoms with Crippen LogP contribution in [0.2, 0.25) is 0 Å². The minimum Gasteiger partial charge on any atom is -0.336 e. The highest BCUT2D eigenvalue weighted by Gasteiger charge is 1.96. The summed E-state index contributed by atoms with van der Waals surface area (Å²) >= 11 is 0. The van der Waals surface area contributed by atoms with E-state index >= 15 is 0 Å². The summed E-state index contributed by atoms with van der Waals surface area (Å²) in [4.78, 5) is 4.20. The van der Waals surface area contributed by atoms with E-state index in [0.29, 0.717) is 0 Å². The molecular weight excluding hydrogens is 164 g/mol. The van der Waals surface area contributed by atoms with E-state index in [-0.39, 0.29) is 0 Å². The monoisotopic (exact) mass is 176 g/mol. The van der Waals surface area contributed by atoms with Crippen LogP contribution >= 0.6 is 0 Å². The van der Waals surface area contributed by atoms with Crippen LogP contribution < -0.4 is 5.43 Å². The smallest absolute Gasteiger partial charge is 0.129 e. The van der Waals surface area contributed by atoms with Crippen molar-refractivity contribution >= 4 is 0 Å². The van der Waals surface area contributed by atoms with Gasteiger partial charge in [0.1, 0.15) is 5.82 Å². The summed E-state index contributed by atoms with van der Waals surface area (Å²) in [6, 6.07) is 3.96. The number of nitrogens with zero attached hydrogens (tertiary/aromatic N) is 3. The van der Waals surface area contributed by atoms with Crippen molar-refractivity contribution in [3.05, 3.63) is 42.7 Å². The number of imidazole rings is 1. The first kappa shape index (κ1) is 7.91. The lowest BCUT2D eigenvalue weighted by Crippen LogP contribution is -2.14. The highest BCUT2D eigenvalue weighted by molar-refractivity contribution is 4.97. The zero-order valence-electron chi connectivity index (χ0n) is 7.51. The van der Waals surface area contributed by atoms with Gasteiger partial charge in [-0.1, -0.05) is 0 Å². The van der Waals surface area contributed by atoms with E-state index < -0.39 is 0 Å². The van der Waals surface area contributed by atoms with Crippen molar-refractivity contribution in [3.8, 4) is 0 Å². The average Bonchev–Trinajstić information content (AvgIpc) is 2.72. The van der Waals surface area contributed by atoms with Crippen LogP contribution in [-0.4, -0.2) is 14.2 Å². The molecule has 2 aromatic heterocycles. The summed E-state index contributed by atoms with van der Waals surface area (Å²) in [5.74, 6) is 1.02. The fourth-order valence-electron chi connectivity index (χ4n) is 1.17. The Morgan fingerprint density at radius 1 is 1.31 bits per heavy atom. The Morgan fingerprint density at radius 2 is 2.08 bits per heavy atom. The number of hydrogen-bond donors (Lipinski definition) is 1. The average molecular weight is 176 g/mol. The first-order chi connectivity index (χ1) is 6.36. The fraction of sp³-hybridized carbons (Fsp3) is 0.222. The largest absolute Gasteiger partial charge is 0.336 e. The second kappa shape index (κ2) is 3.35. The zero-order valence-corrected chi connectivity index (χ0v) is 7.51. The van der Waals surface area contributed by atoms with Crippen LogP contribution in [0.15, 0.2) is 36.9 Å². The number of rotatable bonds is 3. The van der Waals surface area contributed by atoms with E-state index in [1.807, 2.05) is 47.0 Å². The third-order valence-corrected chi connectivity index (χ3v) is 1.95. The molecule has 0 saturated carbocycles. The highest BCUT2D eigenvalue weighted by Crippen LogP contribution is 1.94. The number of nitrogens with one attached hydrogen (secondary N) is 1. The summed E-state index contributed by atoms with van der Waals surface area (Å²) in [6.45, 7) is 0.734. The van der Waals surface area contributed by atoms with Gasteiger partial charge in [0.25, 0.3) is 0 Å². The molecule has 68 valence electrons. The molecule has 4 nitrogen and oxygen atoms in total. The lowest BCUT2D eigenvalue weighted by atomic mass is 10.6. The van der Waals surface area contributed by atoms with Crippen LogP contribution in [0.3, 0.4) is 0 Å². The van der Waals surface area contributed by atoms with Crippen LogP contribution in [-0.2, 0) is 13.6 Å². The molecule has 0 aliphatic carbocycles. The molecule has 0 fully saturated rings. The molecule has 0 unspecified atom stereocenters. The van der Waals surface area contributed by atoms with Gasteiger partial charge in [0, 0.05) is 31.8 Å². The molecule has 0 aromatic carbocycles. The van der Waals surface area contributed by atoms with Gasteiger partial charge in [0.2, 0.25) is 0 Å². The topological polar surface area (TPSA) is 34.8 Å². The Kier molecular flexibility index (Phi) is 2.04. The van der Waals surface area contributed by atoms with Crippen molar-refractivity contribution in [2.75, 3.05) is 5.43 Å². The number of aromatic nitrogens is 3. The molecule has 0 amide bonds. The molecule has 2 heterocycles. The fourth-order valence-corrected chi connectivity index (χ4v) is 1.17. The molecule has 0 saturated heterocycles. The van der Waals surface area contributed by atoms with Crippen molar-refractivity contribution < 1.29 is 0 Å². The van der Waals surface area contributed by atoms with Gasteiger partial charge in [-0.25, -0.2) is 4.98 Å². The maximum atomic E-state index is 4.20. The quantitative estimate of drug-likeness (QED) is 0.756. The van der Waals surface area contributed by atoms with Crippen LogP contribution in [0.1, 0.15) is 5.82 Å². The second-order valence-electron chi connectivity index (χ2n) is 2.88. The van der Waals surface area contributed by atoms with E-state index in [0.717, 1.165) is 12.4 Å². The molecule has 2 rings (SSSR count). The Morgan fingerprint density at radius 3 is 2.69 bits per heavy atom. The van der Waals surface area contributed by atoms with Gasteiger partial charge in [-0.15, -0.1) is 0 Å². The molecule has 0 bridgehead atoms. The molecule has 0 aliphatic rings. The molecule has 4 heteroatoms. The zero-order chi connectivity index (χ0) is 9.10. The predicted molar refractivity (Wildman–Crippen MR) is 50.7 cm³/mol. The van der Waals surface area contributed by atoms with Crippen molar-refractivity contribution in [1.82, 2.24) is 14.2 Å².